The number of hydrogen-bond acceptors (Lipinski definition) is 3. The van der Waals surface area contributed by atoms with Crippen LogP contribution >= 0.6 is 11.6 Å². The van der Waals surface area contributed by atoms with Crippen LogP contribution in [0.1, 0.15) is 0 Å². The van der Waals surface area contributed by atoms with E-state index in [1.54, 1.807) is 4.68 Å². The fraction of sp³-hybridized carbons (Fsp3) is 0.0833. The molecule has 1 aromatic heterocycles. The Labute approximate surface area is 105 Å². The fourth-order valence-electron chi connectivity index (χ4n) is 1.38. The van der Waals surface area contributed by atoms with E-state index in [1.807, 2.05) is 43.6 Å². The second-order valence-electron chi connectivity index (χ2n) is 3.61. The summed E-state index contributed by atoms with van der Waals surface area (Å²) in [5.41, 5.74) is 0.919. The molecule has 0 saturated heterocycles. The van der Waals surface area contributed by atoms with Gasteiger partial charge in [-0.2, -0.15) is 5.10 Å². The average Bonchev–Trinajstić information content (AvgIpc) is 2.67. The molecular formula is C12H13ClN4. The van der Waals surface area contributed by atoms with E-state index in [0.29, 0.717) is 10.8 Å². The summed E-state index contributed by atoms with van der Waals surface area (Å²) in [6.07, 6.45) is 1.86. The van der Waals surface area contributed by atoms with E-state index in [2.05, 4.69) is 22.3 Å². The van der Waals surface area contributed by atoms with E-state index in [-0.39, 0.29) is 0 Å². The van der Waals surface area contributed by atoms with Crippen molar-refractivity contribution in [3.63, 3.8) is 0 Å². The van der Waals surface area contributed by atoms with Gasteiger partial charge in [0.25, 0.3) is 0 Å². The van der Waals surface area contributed by atoms with Crippen LogP contribution in [0.3, 0.4) is 0 Å². The minimum atomic E-state index is 0.658. The normalized spacial score (nSPS) is 10.0. The number of aromatic nitrogens is 2. The predicted octanol–water partition coefficient (Wildman–Crippen LogP) is 3.07. The lowest BCUT2D eigenvalue weighted by Gasteiger charge is -2.10. The molecule has 0 saturated carbocycles. The summed E-state index contributed by atoms with van der Waals surface area (Å²) in [6, 6.07) is 9.27. The molecule has 1 aromatic carbocycles. The van der Waals surface area contributed by atoms with E-state index in [9.17, 15) is 0 Å². The van der Waals surface area contributed by atoms with Crippen LogP contribution in [-0.4, -0.2) is 9.78 Å². The summed E-state index contributed by atoms with van der Waals surface area (Å²) in [7, 11) is 1.86. The Bertz CT molecular complexity index is 516. The number of rotatable bonds is 4. The van der Waals surface area contributed by atoms with E-state index >= 15 is 0 Å². The second-order valence-corrected chi connectivity index (χ2v) is 4.05. The van der Waals surface area contributed by atoms with Gasteiger partial charge in [-0.1, -0.05) is 18.2 Å². The van der Waals surface area contributed by atoms with Crippen LogP contribution in [0.2, 0.25) is 5.02 Å². The highest BCUT2D eigenvalue weighted by Gasteiger charge is 1.99. The summed E-state index contributed by atoms with van der Waals surface area (Å²) in [6.45, 7) is 3.87. The van der Waals surface area contributed by atoms with Gasteiger partial charge < -0.3 is 10.6 Å². The molecule has 0 aliphatic rings. The van der Waals surface area contributed by atoms with Crippen LogP contribution in [-0.2, 0) is 7.05 Å². The molecule has 0 aliphatic carbocycles. The van der Waals surface area contributed by atoms with Crippen molar-refractivity contribution in [3.05, 3.63) is 54.0 Å². The molecule has 0 bridgehead atoms. The van der Waals surface area contributed by atoms with Gasteiger partial charge in [0.05, 0.1) is 0 Å². The van der Waals surface area contributed by atoms with Crippen molar-refractivity contribution in [1.82, 2.24) is 9.78 Å². The van der Waals surface area contributed by atoms with Gasteiger partial charge in [-0.05, 0) is 24.3 Å². The first-order valence-electron chi connectivity index (χ1n) is 5.11. The Morgan fingerprint density at radius 3 is 2.53 bits per heavy atom. The molecule has 2 aromatic rings. The Morgan fingerprint density at radius 2 is 1.94 bits per heavy atom. The van der Waals surface area contributed by atoms with Crippen molar-refractivity contribution in [3.8, 4) is 0 Å². The minimum Gasteiger partial charge on any atom is -0.342 e. The highest BCUT2D eigenvalue weighted by Crippen LogP contribution is 2.15. The number of hydrogen-bond donors (Lipinski definition) is 2. The maximum absolute atomic E-state index is 5.80. The van der Waals surface area contributed by atoms with E-state index in [0.717, 1.165) is 11.5 Å². The van der Waals surface area contributed by atoms with E-state index in [4.69, 9.17) is 11.6 Å². The molecule has 5 heteroatoms. The zero-order valence-corrected chi connectivity index (χ0v) is 10.2. The van der Waals surface area contributed by atoms with Crippen LogP contribution in [0.25, 0.3) is 0 Å². The molecule has 0 atom stereocenters. The first kappa shape index (κ1) is 11.5. The van der Waals surface area contributed by atoms with Crippen LogP contribution in [0.15, 0.2) is 48.9 Å². The maximum atomic E-state index is 5.80. The summed E-state index contributed by atoms with van der Waals surface area (Å²) in [5.74, 6) is 1.41. The van der Waals surface area contributed by atoms with E-state index in [1.165, 1.54) is 0 Å². The van der Waals surface area contributed by atoms with Gasteiger partial charge in [0.1, 0.15) is 5.82 Å². The SMILES string of the molecule is C=C(Nc1ccc(Cl)cc1)Nc1ccn(C)n1. The average molecular weight is 249 g/mol. The summed E-state index contributed by atoms with van der Waals surface area (Å²) in [4.78, 5) is 0. The lowest BCUT2D eigenvalue weighted by atomic mass is 10.3. The van der Waals surface area contributed by atoms with Crippen molar-refractivity contribution < 1.29 is 0 Å². The quantitative estimate of drug-likeness (QED) is 0.874. The van der Waals surface area contributed by atoms with E-state index < -0.39 is 0 Å². The number of benzene rings is 1. The lowest BCUT2D eigenvalue weighted by molar-refractivity contribution is 0.770. The van der Waals surface area contributed by atoms with Gasteiger partial charge >= 0.3 is 0 Å². The molecule has 2 N–H and O–H groups in total. The van der Waals surface area contributed by atoms with Gasteiger partial charge in [0.2, 0.25) is 0 Å². The zero-order valence-electron chi connectivity index (χ0n) is 9.44. The Hall–Kier alpha value is -1.94. The van der Waals surface area contributed by atoms with Gasteiger partial charge in [0.15, 0.2) is 5.82 Å². The molecule has 0 unspecified atom stereocenters. The monoisotopic (exact) mass is 248 g/mol. The number of nitrogens with one attached hydrogen (secondary N) is 2. The topological polar surface area (TPSA) is 41.9 Å². The molecule has 17 heavy (non-hydrogen) atoms. The third kappa shape index (κ3) is 3.26. The van der Waals surface area contributed by atoms with Crippen molar-refractivity contribution in [1.29, 1.82) is 0 Å². The molecule has 2 rings (SSSR count). The highest BCUT2D eigenvalue weighted by atomic mass is 35.5. The lowest BCUT2D eigenvalue weighted by Crippen LogP contribution is -2.08. The first-order valence-corrected chi connectivity index (χ1v) is 5.49. The minimum absolute atomic E-state index is 0.658. The largest absolute Gasteiger partial charge is 0.342 e. The third-order valence-corrected chi connectivity index (χ3v) is 2.38. The third-order valence-electron chi connectivity index (χ3n) is 2.13. The first-order chi connectivity index (χ1) is 8.13. The summed E-state index contributed by atoms with van der Waals surface area (Å²) >= 11 is 5.80. The zero-order chi connectivity index (χ0) is 12.3. The molecule has 0 amide bonds. The molecule has 0 aliphatic heterocycles. The molecule has 1 heterocycles. The Kier molecular flexibility index (Phi) is 3.35. The molecule has 0 spiro atoms. The van der Waals surface area contributed by atoms with Gasteiger partial charge in [-0.15, -0.1) is 0 Å². The number of nitrogens with zero attached hydrogens (tertiary/aromatic N) is 2. The number of aryl methyl sites for hydroxylation is 1. The standard InChI is InChI=1S/C12H13ClN4/c1-9(15-12-7-8-17(2)16-12)14-11-5-3-10(13)4-6-11/h3-8,14H,1H2,2H3,(H,15,16). The smallest absolute Gasteiger partial charge is 0.153 e. The summed E-state index contributed by atoms with van der Waals surface area (Å²) in [5, 5.41) is 11.1. The number of anilines is 2. The molecule has 88 valence electrons. The maximum Gasteiger partial charge on any atom is 0.153 e. The highest BCUT2D eigenvalue weighted by molar-refractivity contribution is 6.30. The van der Waals surface area contributed by atoms with Crippen LogP contribution in [0.5, 0.6) is 0 Å². The molecule has 0 radical (unpaired) electrons. The molecular weight excluding hydrogens is 236 g/mol. The predicted molar refractivity (Wildman–Crippen MR) is 71.0 cm³/mol. The van der Waals surface area contributed by atoms with Gasteiger partial charge in [-0.3, -0.25) is 4.68 Å². The van der Waals surface area contributed by atoms with Crippen molar-refractivity contribution in [2.24, 2.45) is 7.05 Å². The second kappa shape index (κ2) is 4.93. The molecule has 0 fully saturated rings. The van der Waals surface area contributed by atoms with Crippen LogP contribution in [0.4, 0.5) is 11.5 Å². The van der Waals surface area contributed by atoms with Gasteiger partial charge in [0, 0.05) is 30.0 Å². The number of halogens is 1. The van der Waals surface area contributed by atoms with Gasteiger partial charge in [-0.25, -0.2) is 0 Å². The van der Waals surface area contributed by atoms with Crippen molar-refractivity contribution >= 4 is 23.1 Å². The Morgan fingerprint density at radius 1 is 1.24 bits per heavy atom. The van der Waals surface area contributed by atoms with Crippen LogP contribution < -0.4 is 10.6 Å². The molecule has 4 nitrogen and oxygen atoms in total. The fourth-order valence-corrected chi connectivity index (χ4v) is 1.50. The van der Waals surface area contributed by atoms with Crippen molar-refractivity contribution in [2.45, 2.75) is 0 Å². The Balaban J connectivity index is 1.95. The van der Waals surface area contributed by atoms with Crippen LogP contribution in [0, 0.1) is 0 Å². The van der Waals surface area contributed by atoms with Crippen molar-refractivity contribution in [2.75, 3.05) is 10.6 Å². The summed E-state index contributed by atoms with van der Waals surface area (Å²) < 4.78 is 1.72.